The summed E-state index contributed by atoms with van der Waals surface area (Å²) in [6, 6.07) is 16.7. The van der Waals surface area contributed by atoms with Crippen LogP contribution in [0.25, 0.3) is 11.8 Å². The van der Waals surface area contributed by atoms with Crippen LogP contribution in [0.3, 0.4) is 0 Å². The van der Waals surface area contributed by atoms with Gasteiger partial charge in [0, 0.05) is 23.3 Å². The molecule has 1 amide bonds. The minimum Gasteiger partial charge on any atom is -0.478 e. The van der Waals surface area contributed by atoms with Crippen LogP contribution in [0.1, 0.15) is 16.1 Å². The van der Waals surface area contributed by atoms with Gasteiger partial charge in [0.1, 0.15) is 17.5 Å². The number of halogens is 1. The first-order chi connectivity index (χ1) is 13.5. The molecule has 138 valence electrons. The van der Waals surface area contributed by atoms with Gasteiger partial charge in [0.2, 0.25) is 0 Å². The highest BCUT2D eigenvalue weighted by atomic mass is 19.1. The van der Waals surface area contributed by atoms with Gasteiger partial charge in [0.25, 0.3) is 5.91 Å². The van der Waals surface area contributed by atoms with Gasteiger partial charge in [-0.3, -0.25) is 4.79 Å². The number of hydrogen-bond donors (Lipinski definition) is 2. The number of benzene rings is 2. The Labute approximate surface area is 159 Å². The molecule has 6 nitrogen and oxygen atoms in total. The molecule has 1 aromatic heterocycles. The molecule has 0 unspecified atom stereocenters. The van der Waals surface area contributed by atoms with Crippen molar-refractivity contribution in [1.29, 1.82) is 5.26 Å². The predicted molar refractivity (Wildman–Crippen MR) is 101 cm³/mol. The second-order valence-electron chi connectivity index (χ2n) is 5.79. The summed E-state index contributed by atoms with van der Waals surface area (Å²) in [6.07, 6.45) is 3.15. The molecule has 1 heterocycles. The van der Waals surface area contributed by atoms with Crippen LogP contribution in [0.4, 0.5) is 10.1 Å². The van der Waals surface area contributed by atoms with Crippen molar-refractivity contribution in [3.63, 3.8) is 0 Å². The zero-order valence-corrected chi connectivity index (χ0v) is 14.5. The number of hydrogen-bond acceptors (Lipinski definition) is 3. The van der Waals surface area contributed by atoms with Gasteiger partial charge in [-0.25, -0.2) is 9.18 Å². The normalized spacial score (nSPS) is 10.9. The molecule has 28 heavy (non-hydrogen) atoms. The van der Waals surface area contributed by atoms with Gasteiger partial charge in [-0.2, -0.15) is 5.26 Å². The Morgan fingerprint density at radius 1 is 1.07 bits per heavy atom. The molecule has 2 aromatic carbocycles. The lowest BCUT2D eigenvalue weighted by Crippen LogP contribution is -2.13. The average molecular weight is 375 g/mol. The second-order valence-corrected chi connectivity index (χ2v) is 5.79. The van der Waals surface area contributed by atoms with Crippen molar-refractivity contribution < 1.29 is 19.1 Å². The van der Waals surface area contributed by atoms with E-state index in [2.05, 4.69) is 5.32 Å². The van der Waals surface area contributed by atoms with E-state index in [0.29, 0.717) is 17.1 Å². The van der Waals surface area contributed by atoms with Crippen LogP contribution in [-0.2, 0) is 4.79 Å². The number of carboxylic acid groups (broad SMARTS) is 1. The maximum absolute atomic E-state index is 13.0. The van der Waals surface area contributed by atoms with E-state index in [1.165, 1.54) is 42.5 Å². The fraction of sp³-hybridized carbons (Fsp3) is 0. The fourth-order valence-electron chi connectivity index (χ4n) is 2.54. The SMILES string of the molecule is N#C/C(=C/c1cccn1-c1ccc(C(=O)O)cc1)C(=O)Nc1ccc(F)cc1. The number of aromatic nitrogens is 1. The summed E-state index contributed by atoms with van der Waals surface area (Å²) in [7, 11) is 0. The van der Waals surface area contributed by atoms with Gasteiger partial charge in [0.15, 0.2) is 0 Å². The zero-order chi connectivity index (χ0) is 20.1. The quantitative estimate of drug-likeness (QED) is 0.523. The number of nitrogens with zero attached hydrogens (tertiary/aromatic N) is 2. The molecular formula is C21H14FN3O3. The van der Waals surface area contributed by atoms with E-state index in [-0.39, 0.29) is 11.1 Å². The van der Waals surface area contributed by atoms with Crippen molar-refractivity contribution in [2.75, 3.05) is 5.32 Å². The Kier molecular flexibility index (Phi) is 5.33. The molecule has 0 spiro atoms. The highest BCUT2D eigenvalue weighted by Crippen LogP contribution is 2.17. The van der Waals surface area contributed by atoms with Crippen LogP contribution in [0.5, 0.6) is 0 Å². The monoisotopic (exact) mass is 375 g/mol. The van der Waals surface area contributed by atoms with Crippen molar-refractivity contribution in [3.05, 3.63) is 89.5 Å². The first kappa shape index (κ1) is 18.6. The number of nitriles is 1. The standard InChI is InChI=1S/C21H14FN3O3/c22-16-5-7-17(8-6-16)24-20(26)15(13-23)12-19-2-1-11-25(19)18-9-3-14(4-10-18)21(27)28/h1-12H,(H,24,26)(H,27,28)/b15-12-. The molecule has 0 aliphatic heterocycles. The minimum atomic E-state index is -1.02. The number of rotatable bonds is 5. The number of anilines is 1. The number of nitrogens with one attached hydrogen (secondary N) is 1. The minimum absolute atomic E-state index is 0.133. The number of aromatic carboxylic acids is 1. The van der Waals surface area contributed by atoms with Gasteiger partial charge >= 0.3 is 5.97 Å². The highest BCUT2D eigenvalue weighted by molar-refractivity contribution is 6.09. The lowest BCUT2D eigenvalue weighted by Gasteiger charge is -2.08. The van der Waals surface area contributed by atoms with Gasteiger partial charge in [-0.15, -0.1) is 0 Å². The Morgan fingerprint density at radius 2 is 1.75 bits per heavy atom. The molecular weight excluding hydrogens is 361 g/mol. The van der Waals surface area contributed by atoms with Crippen LogP contribution in [-0.4, -0.2) is 21.6 Å². The molecule has 0 bridgehead atoms. The predicted octanol–water partition coefficient (Wildman–Crippen LogP) is 3.86. The molecule has 0 atom stereocenters. The van der Waals surface area contributed by atoms with Crippen LogP contribution >= 0.6 is 0 Å². The van der Waals surface area contributed by atoms with E-state index < -0.39 is 17.7 Å². The van der Waals surface area contributed by atoms with E-state index in [9.17, 15) is 19.2 Å². The zero-order valence-electron chi connectivity index (χ0n) is 14.5. The van der Waals surface area contributed by atoms with E-state index in [4.69, 9.17) is 5.11 Å². The van der Waals surface area contributed by atoms with E-state index in [0.717, 1.165) is 0 Å². The van der Waals surface area contributed by atoms with Crippen molar-refractivity contribution in [3.8, 4) is 11.8 Å². The molecule has 0 aliphatic rings. The van der Waals surface area contributed by atoms with E-state index in [1.807, 2.05) is 6.07 Å². The Balaban J connectivity index is 1.86. The summed E-state index contributed by atoms with van der Waals surface area (Å²) in [5.41, 5.74) is 1.63. The molecule has 0 saturated heterocycles. The lowest BCUT2D eigenvalue weighted by atomic mass is 10.2. The maximum Gasteiger partial charge on any atom is 0.335 e. The number of amides is 1. The largest absolute Gasteiger partial charge is 0.478 e. The molecule has 2 N–H and O–H groups in total. The van der Waals surface area contributed by atoms with Gasteiger partial charge < -0.3 is 15.0 Å². The Bertz CT molecular complexity index is 1090. The third-order valence-electron chi connectivity index (χ3n) is 3.93. The molecule has 0 fully saturated rings. The lowest BCUT2D eigenvalue weighted by molar-refractivity contribution is -0.112. The van der Waals surface area contributed by atoms with E-state index in [1.54, 1.807) is 35.0 Å². The molecule has 7 heteroatoms. The smallest absolute Gasteiger partial charge is 0.335 e. The summed E-state index contributed by atoms with van der Waals surface area (Å²) in [5, 5.41) is 20.9. The van der Waals surface area contributed by atoms with Gasteiger partial charge in [-0.1, -0.05) is 0 Å². The molecule has 0 radical (unpaired) electrons. The third kappa shape index (κ3) is 4.14. The summed E-state index contributed by atoms with van der Waals surface area (Å²) in [5.74, 6) is -2.08. The Morgan fingerprint density at radius 3 is 2.36 bits per heavy atom. The highest BCUT2D eigenvalue weighted by Gasteiger charge is 2.12. The topological polar surface area (TPSA) is 95.1 Å². The summed E-state index contributed by atoms with van der Waals surface area (Å²) < 4.78 is 14.7. The van der Waals surface area contributed by atoms with Crippen LogP contribution in [0.2, 0.25) is 0 Å². The number of carboxylic acids is 1. The first-order valence-corrected chi connectivity index (χ1v) is 8.18. The average Bonchev–Trinajstić information content (AvgIpc) is 3.16. The maximum atomic E-state index is 13.0. The Hall–Kier alpha value is -4.18. The number of carbonyl (C=O) groups is 2. The van der Waals surface area contributed by atoms with Gasteiger partial charge in [-0.05, 0) is 66.7 Å². The van der Waals surface area contributed by atoms with Crippen LogP contribution in [0, 0.1) is 17.1 Å². The second kappa shape index (κ2) is 8.01. The van der Waals surface area contributed by atoms with Crippen LogP contribution < -0.4 is 5.32 Å². The number of carbonyl (C=O) groups excluding carboxylic acids is 1. The van der Waals surface area contributed by atoms with Crippen molar-refractivity contribution in [2.24, 2.45) is 0 Å². The fourth-order valence-corrected chi connectivity index (χ4v) is 2.54. The van der Waals surface area contributed by atoms with Crippen molar-refractivity contribution in [1.82, 2.24) is 4.57 Å². The summed E-state index contributed by atoms with van der Waals surface area (Å²) in [6.45, 7) is 0. The molecule has 0 saturated carbocycles. The summed E-state index contributed by atoms with van der Waals surface area (Å²) >= 11 is 0. The molecule has 0 aliphatic carbocycles. The summed E-state index contributed by atoms with van der Waals surface area (Å²) in [4.78, 5) is 23.3. The first-order valence-electron chi connectivity index (χ1n) is 8.18. The molecule has 3 aromatic rings. The van der Waals surface area contributed by atoms with Crippen molar-refractivity contribution in [2.45, 2.75) is 0 Å². The van der Waals surface area contributed by atoms with Gasteiger partial charge in [0.05, 0.1) is 5.56 Å². The van der Waals surface area contributed by atoms with Crippen molar-refractivity contribution >= 4 is 23.6 Å². The molecule has 3 rings (SSSR count). The van der Waals surface area contributed by atoms with E-state index >= 15 is 0 Å². The van der Waals surface area contributed by atoms with Crippen LogP contribution in [0.15, 0.2) is 72.4 Å². The third-order valence-corrected chi connectivity index (χ3v) is 3.93.